The molecule has 1 aromatic rings. The Balaban J connectivity index is 2.85. The molecule has 0 aromatic carbocycles. The van der Waals surface area contributed by atoms with E-state index >= 15 is 0 Å². The second-order valence-corrected chi connectivity index (χ2v) is 5.03. The van der Waals surface area contributed by atoms with Crippen molar-refractivity contribution in [3.63, 3.8) is 0 Å². The van der Waals surface area contributed by atoms with E-state index in [4.69, 9.17) is 11.6 Å². The minimum absolute atomic E-state index is 0.0369. The van der Waals surface area contributed by atoms with Crippen molar-refractivity contribution in [2.75, 3.05) is 0 Å². The summed E-state index contributed by atoms with van der Waals surface area (Å²) in [4.78, 5) is 16.1. The molecule has 0 fully saturated rings. The summed E-state index contributed by atoms with van der Waals surface area (Å²) in [6.07, 6.45) is 4.59. The molecule has 0 aliphatic heterocycles. The highest BCUT2D eigenvalue weighted by Gasteiger charge is 2.10. The molecule has 1 rings (SSSR count). The fourth-order valence-corrected chi connectivity index (χ4v) is 2.04. The van der Waals surface area contributed by atoms with Gasteiger partial charge >= 0.3 is 0 Å². The third-order valence-electron chi connectivity index (χ3n) is 2.76. The zero-order valence-corrected chi connectivity index (χ0v) is 11.6. The second-order valence-electron chi connectivity index (χ2n) is 4.64. The van der Waals surface area contributed by atoms with Gasteiger partial charge in [0.15, 0.2) is 0 Å². The van der Waals surface area contributed by atoms with Gasteiger partial charge in [-0.1, -0.05) is 51.6 Å². The molecular weight excluding hydrogens is 236 g/mol. The maximum atomic E-state index is 11.9. The van der Waals surface area contributed by atoms with E-state index in [0.717, 1.165) is 25.2 Å². The maximum absolute atomic E-state index is 11.9. The van der Waals surface area contributed by atoms with Crippen LogP contribution in [0.1, 0.15) is 58.2 Å². The van der Waals surface area contributed by atoms with Gasteiger partial charge < -0.3 is 0 Å². The van der Waals surface area contributed by atoms with Crippen LogP contribution >= 0.6 is 11.6 Å². The van der Waals surface area contributed by atoms with Crippen molar-refractivity contribution in [3.05, 3.63) is 27.4 Å². The number of rotatable bonds is 6. The minimum Gasteiger partial charge on any atom is -0.296 e. The van der Waals surface area contributed by atoms with E-state index in [2.05, 4.69) is 11.9 Å². The predicted octanol–water partition coefficient (Wildman–Crippen LogP) is 3.60. The Bertz CT molecular complexity index is 412. The fraction of sp³-hybridized carbons (Fsp3) is 0.692. The lowest BCUT2D eigenvalue weighted by atomic mass is 10.1. The molecule has 0 amide bonds. The molecule has 0 radical (unpaired) electrons. The number of halogens is 1. The Labute approximate surface area is 108 Å². The smallest absolute Gasteiger partial charge is 0.254 e. The van der Waals surface area contributed by atoms with Crippen LogP contribution in [0.25, 0.3) is 0 Å². The summed E-state index contributed by atoms with van der Waals surface area (Å²) in [5, 5.41) is 0.295. The van der Waals surface area contributed by atoms with Crippen LogP contribution in [-0.4, -0.2) is 9.55 Å². The quantitative estimate of drug-likeness (QED) is 0.576. The van der Waals surface area contributed by atoms with Crippen molar-refractivity contribution in [2.24, 2.45) is 0 Å². The molecule has 3 nitrogen and oxygen atoms in total. The highest BCUT2D eigenvalue weighted by molar-refractivity contribution is 6.29. The summed E-state index contributed by atoms with van der Waals surface area (Å²) in [7, 11) is 0. The molecule has 0 unspecified atom stereocenters. The highest BCUT2D eigenvalue weighted by atomic mass is 35.5. The molecule has 0 saturated carbocycles. The first-order valence-electron chi connectivity index (χ1n) is 6.33. The van der Waals surface area contributed by atoms with E-state index in [9.17, 15) is 4.79 Å². The number of hydrogen-bond acceptors (Lipinski definition) is 2. The van der Waals surface area contributed by atoms with Crippen molar-refractivity contribution in [1.29, 1.82) is 0 Å². The normalized spacial score (nSPS) is 11.1. The van der Waals surface area contributed by atoms with Crippen LogP contribution in [0.2, 0.25) is 5.15 Å². The number of hydrogen-bond donors (Lipinski definition) is 0. The number of unbranched alkanes of at least 4 members (excludes halogenated alkanes) is 3. The van der Waals surface area contributed by atoms with Gasteiger partial charge in [-0.15, -0.1) is 0 Å². The van der Waals surface area contributed by atoms with Gasteiger partial charge in [-0.05, 0) is 6.42 Å². The maximum Gasteiger partial charge on any atom is 0.254 e. The lowest BCUT2D eigenvalue weighted by Crippen LogP contribution is -2.25. The topological polar surface area (TPSA) is 34.9 Å². The zero-order valence-electron chi connectivity index (χ0n) is 10.9. The highest BCUT2D eigenvalue weighted by Crippen LogP contribution is 2.13. The molecule has 0 bridgehead atoms. The monoisotopic (exact) mass is 256 g/mol. The first kappa shape index (κ1) is 14.2. The van der Waals surface area contributed by atoms with Gasteiger partial charge in [0.25, 0.3) is 5.56 Å². The van der Waals surface area contributed by atoms with Crippen molar-refractivity contribution < 1.29 is 0 Å². The van der Waals surface area contributed by atoms with Gasteiger partial charge in [0.2, 0.25) is 0 Å². The predicted molar refractivity (Wildman–Crippen MR) is 71.7 cm³/mol. The van der Waals surface area contributed by atoms with E-state index in [1.54, 1.807) is 4.57 Å². The van der Waals surface area contributed by atoms with Crippen LogP contribution in [0.3, 0.4) is 0 Å². The largest absolute Gasteiger partial charge is 0.296 e. The van der Waals surface area contributed by atoms with Gasteiger partial charge in [-0.3, -0.25) is 9.36 Å². The van der Waals surface area contributed by atoms with E-state index < -0.39 is 0 Å². The van der Waals surface area contributed by atoms with Gasteiger partial charge in [-0.2, -0.15) is 0 Å². The molecule has 1 aromatic heterocycles. The van der Waals surface area contributed by atoms with Crippen LogP contribution in [0, 0.1) is 0 Å². The molecule has 96 valence electrons. The Morgan fingerprint density at radius 2 is 2.06 bits per heavy atom. The van der Waals surface area contributed by atoms with Gasteiger partial charge in [0.05, 0.1) is 0 Å². The van der Waals surface area contributed by atoms with E-state index in [-0.39, 0.29) is 11.5 Å². The summed E-state index contributed by atoms with van der Waals surface area (Å²) in [6.45, 7) is 6.98. The average Bonchev–Trinajstić information content (AvgIpc) is 2.25. The van der Waals surface area contributed by atoms with Crippen LogP contribution in [0.4, 0.5) is 0 Å². The van der Waals surface area contributed by atoms with E-state index in [0.29, 0.717) is 5.15 Å². The average molecular weight is 257 g/mol. The lowest BCUT2D eigenvalue weighted by Gasteiger charge is -2.14. The number of nitrogens with zero attached hydrogens (tertiary/aromatic N) is 2. The molecule has 0 aliphatic rings. The fourth-order valence-electron chi connectivity index (χ4n) is 1.86. The second kappa shape index (κ2) is 6.80. The van der Waals surface area contributed by atoms with Gasteiger partial charge in [-0.25, -0.2) is 4.98 Å². The van der Waals surface area contributed by atoms with E-state index in [1.165, 1.54) is 18.9 Å². The standard InChI is InChI=1S/C13H21ClN2O/c1-4-5-6-7-8-16-12(17)9-11(14)15-13(16)10(2)3/h9-10H,4-8H2,1-3H3. The third-order valence-corrected chi connectivity index (χ3v) is 2.95. The van der Waals surface area contributed by atoms with Gasteiger partial charge in [0, 0.05) is 18.5 Å². The molecule has 0 saturated heterocycles. The molecule has 1 heterocycles. The summed E-state index contributed by atoms with van der Waals surface area (Å²) >= 11 is 5.83. The van der Waals surface area contributed by atoms with Crippen molar-refractivity contribution in [3.8, 4) is 0 Å². The summed E-state index contributed by atoms with van der Waals surface area (Å²) in [5.41, 5.74) is -0.0369. The molecule has 4 heteroatoms. The summed E-state index contributed by atoms with van der Waals surface area (Å²) < 4.78 is 1.76. The Morgan fingerprint density at radius 1 is 1.35 bits per heavy atom. The Morgan fingerprint density at radius 3 is 2.65 bits per heavy atom. The number of aromatic nitrogens is 2. The zero-order chi connectivity index (χ0) is 12.8. The van der Waals surface area contributed by atoms with Crippen LogP contribution in [0.15, 0.2) is 10.9 Å². The Hall–Kier alpha value is -0.830. The first-order valence-corrected chi connectivity index (χ1v) is 6.71. The molecule has 0 atom stereocenters. The van der Waals surface area contributed by atoms with Gasteiger partial charge in [0.1, 0.15) is 11.0 Å². The SMILES string of the molecule is CCCCCCn1c(C(C)C)nc(Cl)cc1=O. The lowest BCUT2D eigenvalue weighted by molar-refractivity contribution is 0.528. The molecular formula is C13H21ClN2O. The van der Waals surface area contributed by atoms with Crippen LogP contribution in [-0.2, 0) is 6.54 Å². The Kier molecular flexibility index (Phi) is 5.69. The minimum atomic E-state index is -0.0369. The van der Waals surface area contributed by atoms with Crippen molar-refractivity contribution >= 4 is 11.6 Å². The first-order chi connectivity index (χ1) is 8.06. The van der Waals surface area contributed by atoms with Crippen LogP contribution < -0.4 is 5.56 Å². The molecule has 17 heavy (non-hydrogen) atoms. The molecule has 0 spiro atoms. The molecule has 0 aliphatic carbocycles. The molecule has 0 N–H and O–H groups in total. The summed E-state index contributed by atoms with van der Waals surface area (Å²) in [6, 6.07) is 1.40. The van der Waals surface area contributed by atoms with Crippen molar-refractivity contribution in [1.82, 2.24) is 9.55 Å². The van der Waals surface area contributed by atoms with Crippen LogP contribution in [0.5, 0.6) is 0 Å². The third kappa shape index (κ3) is 4.15. The summed E-state index contributed by atoms with van der Waals surface area (Å²) in [5.74, 6) is 1.01. The van der Waals surface area contributed by atoms with E-state index in [1.807, 2.05) is 13.8 Å². The van der Waals surface area contributed by atoms with Crippen molar-refractivity contribution in [2.45, 2.75) is 58.9 Å².